The molecule has 0 bridgehead atoms. The quantitative estimate of drug-likeness (QED) is 0.444. The number of hydrogen-bond acceptors (Lipinski definition) is 6. The van der Waals surface area contributed by atoms with E-state index in [1.807, 2.05) is 13.8 Å². The maximum absolute atomic E-state index is 12.7. The fraction of sp³-hybridized carbons (Fsp3) is 0.105. The van der Waals surface area contributed by atoms with Crippen LogP contribution in [0.5, 0.6) is 0 Å². The Balaban J connectivity index is 1.82. The van der Waals surface area contributed by atoms with Gasteiger partial charge in [-0.3, -0.25) is 25.0 Å². The summed E-state index contributed by atoms with van der Waals surface area (Å²) in [6.45, 7) is 3.76. The number of carbonyl (C=O) groups is 2. The fourth-order valence-corrected chi connectivity index (χ4v) is 3.54. The number of hydrogen-bond donors (Lipinski definition) is 2. The first kappa shape index (κ1) is 20.4. The van der Waals surface area contributed by atoms with Crippen LogP contribution in [-0.4, -0.2) is 21.7 Å². The van der Waals surface area contributed by atoms with Crippen LogP contribution in [-0.2, 0) is 0 Å². The van der Waals surface area contributed by atoms with Crippen molar-refractivity contribution >= 4 is 51.3 Å². The number of rotatable bonds is 5. The zero-order valence-electron chi connectivity index (χ0n) is 15.4. The summed E-state index contributed by atoms with van der Waals surface area (Å²) in [6.07, 6.45) is 0. The third-order valence-corrected chi connectivity index (χ3v) is 5.38. The molecule has 3 rings (SSSR count). The predicted molar refractivity (Wildman–Crippen MR) is 112 cm³/mol. The number of nitrogens with zero attached hydrogens (tertiary/aromatic N) is 2. The molecule has 0 fully saturated rings. The number of anilines is 2. The minimum Gasteiger partial charge on any atom is -0.321 e. The Morgan fingerprint density at radius 3 is 2.38 bits per heavy atom. The minimum absolute atomic E-state index is 0.0543. The summed E-state index contributed by atoms with van der Waals surface area (Å²) < 4.78 is 0. The highest BCUT2D eigenvalue weighted by atomic mass is 35.5. The molecule has 29 heavy (non-hydrogen) atoms. The van der Waals surface area contributed by atoms with Crippen LogP contribution in [0.1, 0.15) is 31.3 Å². The van der Waals surface area contributed by atoms with Crippen molar-refractivity contribution in [2.24, 2.45) is 0 Å². The van der Waals surface area contributed by atoms with E-state index in [9.17, 15) is 19.7 Å². The van der Waals surface area contributed by atoms with Gasteiger partial charge >= 0.3 is 0 Å². The molecule has 0 aliphatic carbocycles. The molecule has 0 atom stereocenters. The zero-order valence-corrected chi connectivity index (χ0v) is 16.9. The van der Waals surface area contributed by atoms with E-state index in [-0.39, 0.29) is 27.5 Å². The van der Waals surface area contributed by atoms with Crippen molar-refractivity contribution in [1.82, 2.24) is 4.98 Å². The lowest BCUT2D eigenvalue weighted by molar-refractivity contribution is -0.384. The highest BCUT2D eigenvalue weighted by Crippen LogP contribution is 2.26. The average Bonchev–Trinajstić information content (AvgIpc) is 2.98. The van der Waals surface area contributed by atoms with Crippen LogP contribution < -0.4 is 10.6 Å². The van der Waals surface area contributed by atoms with E-state index < -0.39 is 16.7 Å². The maximum Gasteiger partial charge on any atom is 0.270 e. The lowest BCUT2D eigenvalue weighted by atomic mass is 10.1. The Morgan fingerprint density at radius 2 is 1.76 bits per heavy atom. The Bertz CT molecular complexity index is 1110. The second-order valence-corrected chi connectivity index (χ2v) is 7.65. The van der Waals surface area contributed by atoms with Crippen molar-refractivity contribution < 1.29 is 14.5 Å². The van der Waals surface area contributed by atoms with Gasteiger partial charge < -0.3 is 5.32 Å². The Kier molecular flexibility index (Phi) is 5.90. The number of aromatic nitrogens is 1. The number of amides is 2. The van der Waals surface area contributed by atoms with E-state index in [4.69, 9.17) is 11.6 Å². The number of para-hydroxylation sites is 1. The van der Waals surface area contributed by atoms with Gasteiger partial charge in [-0.1, -0.05) is 23.7 Å². The number of aryl methyl sites for hydroxylation is 2. The molecular formula is C19H15ClN4O4S. The molecule has 0 aliphatic heterocycles. The van der Waals surface area contributed by atoms with Crippen LogP contribution in [0.3, 0.4) is 0 Å². The molecular weight excluding hydrogens is 416 g/mol. The summed E-state index contributed by atoms with van der Waals surface area (Å²) in [7, 11) is 0. The second-order valence-electron chi connectivity index (χ2n) is 6.04. The van der Waals surface area contributed by atoms with Crippen LogP contribution >= 0.6 is 22.9 Å². The molecule has 0 spiro atoms. The predicted octanol–water partition coefficient (Wildman–Crippen LogP) is 4.83. The molecule has 148 valence electrons. The molecule has 0 saturated carbocycles. The molecule has 2 N–H and O–H groups in total. The molecule has 8 nitrogen and oxygen atoms in total. The van der Waals surface area contributed by atoms with E-state index in [2.05, 4.69) is 15.6 Å². The Hall–Kier alpha value is -3.30. The third-order valence-electron chi connectivity index (χ3n) is 4.08. The van der Waals surface area contributed by atoms with Gasteiger partial charge in [-0.25, -0.2) is 4.98 Å². The number of nitro benzene ring substituents is 1. The van der Waals surface area contributed by atoms with Crippen molar-refractivity contribution in [3.63, 3.8) is 0 Å². The van der Waals surface area contributed by atoms with Crippen molar-refractivity contribution in [2.75, 3.05) is 10.6 Å². The van der Waals surface area contributed by atoms with E-state index in [0.717, 1.165) is 16.6 Å². The van der Waals surface area contributed by atoms with Crippen molar-refractivity contribution in [1.29, 1.82) is 0 Å². The summed E-state index contributed by atoms with van der Waals surface area (Å²) in [4.78, 5) is 40.7. The molecule has 2 amide bonds. The largest absolute Gasteiger partial charge is 0.321 e. The van der Waals surface area contributed by atoms with Gasteiger partial charge in [0, 0.05) is 17.0 Å². The number of benzene rings is 2. The smallest absolute Gasteiger partial charge is 0.270 e. The maximum atomic E-state index is 12.7. The number of carbonyl (C=O) groups excluding carboxylic acids is 2. The number of thiazole rings is 1. The van der Waals surface area contributed by atoms with Gasteiger partial charge in [0.1, 0.15) is 0 Å². The summed E-state index contributed by atoms with van der Waals surface area (Å²) in [5.74, 6) is -1.02. The minimum atomic E-state index is -0.602. The number of halogens is 1. The van der Waals surface area contributed by atoms with Crippen LogP contribution in [0.4, 0.5) is 16.5 Å². The van der Waals surface area contributed by atoms with E-state index in [1.54, 1.807) is 24.3 Å². The van der Waals surface area contributed by atoms with Gasteiger partial charge in [0.25, 0.3) is 17.5 Å². The normalized spacial score (nSPS) is 10.4. The van der Waals surface area contributed by atoms with Crippen LogP contribution in [0.15, 0.2) is 42.5 Å². The topological polar surface area (TPSA) is 114 Å². The van der Waals surface area contributed by atoms with E-state index >= 15 is 0 Å². The molecule has 0 aliphatic rings. The van der Waals surface area contributed by atoms with Crippen molar-refractivity contribution in [2.45, 2.75) is 13.8 Å². The molecule has 0 radical (unpaired) electrons. The first-order chi connectivity index (χ1) is 13.8. The lowest BCUT2D eigenvalue weighted by Gasteiger charge is -2.11. The number of non-ortho nitro benzene ring substituents is 1. The van der Waals surface area contributed by atoms with Crippen LogP contribution in [0.2, 0.25) is 5.02 Å². The molecule has 1 heterocycles. The molecule has 0 saturated heterocycles. The first-order valence-corrected chi connectivity index (χ1v) is 9.55. The van der Waals surface area contributed by atoms with Gasteiger partial charge in [-0.15, -0.1) is 11.3 Å². The monoisotopic (exact) mass is 430 g/mol. The van der Waals surface area contributed by atoms with Gasteiger partial charge in [-0.2, -0.15) is 0 Å². The van der Waals surface area contributed by atoms with Gasteiger partial charge in [0.15, 0.2) is 5.13 Å². The highest BCUT2D eigenvalue weighted by molar-refractivity contribution is 7.15. The molecule has 0 unspecified atom stereocenters. The summed E-state index contributed by atoms with van der Waals surface area (Å²) in [6, 6.07) is 10.0. The summed E-state index contributed by atoms with van der Waals surface area (Å²) in [5, 5.41) is 16.6. The average molecular weight is 431 g/mol. The van der Waals surface area contributed by atoms with Gasteiger partial charge in [-0.05, 0) is 32.0 Å². The van der Waals surface area contributed by atoms with E-state index in [1.165, 1.54) is 23.5 Å². The number of nitrogens with one attached hydrogen (secondary N) is 2. The molecule has 1 aromatic heterocycles. The third kappa shape index (κ3) is 4.58. The Labute approximate surface area is 174 Å². The summed E-state index contributed by atoms with van der Waals surface area (Å²) in [5.41, 5.74) is 1.18. The molecule has 2 aromatic carbocycles. The van der Waals surface area contributed by atoms with E-state index in [0.29, 0.717) is 5.13 Å². The van der Waals surface area contributed by atoms with Crippen LogP contribution in [0, 0.1) is 24.0 Å². The number of nitro groups is 1. The van der Waals surface area contributed by atoms with Gasteiger partial charge in [0.2, 0.25) is 0 Å². The van der Waals surface area contributed by atoms with Crippen molar-refractivity contribution in [3.8, 4) is 0 Å². The Morgan fingerprint density at radius 1 is 1.07 bits per heavy atom. The summed E-state index contributed by atoms with van der Waals surface area (Å²) >= 11 is 7.37. The highest BCUT2D eigenvalue weighted by Gasteiger charge is 2.18. The standard InChI is InChI=1S/C19H15ClN4O4S/c1-10-11(2)29-19(21-10)23-18(26)14-5-3-4-6-16(14)22-17(25)13-8-7-12(24(27)28)9-15(13)20/h3-9H,1-2H3,(H,22,25)(H,21,23,26). The molecule has 10 heteroatoms. The lowest BCUT2D eigenvalue weighted by Crippen LogP contribution is -2.18. The van der Waals surface area contributed by atoms with Gasteiger partial charge in [0.05, 0.1) is 32.5 Å². The van der Waals surface area contributed by atoms with Crippen molar-refractivity contribution in [3.05, 3.63) is 79.3 Å². The second kappa shape index (κ2) is 8.38. The SMILES string of the molecule is Cc1nc(NC(=O)c2ccccc2NC(=O)c2ccc([N+](=O)[O-])cc2Cl)sc1C. The first-order valence-electron chi connectivity index (χ1n) is 8.36. The molecule has 3 aromatic rings. The van der Waals surface area contributed by atoms with Crippen LogP contribution in [0.25, 0.3) is 0 Å². The fourth-order valence-electron chi connectivity index (χ4n) is 2.47. The zero-order chi connectivity index (χ0) is 21.1.